The van der Waals surface area contributed by atoms with Crippen LogP contribution < -0.4 is 0 Å². The molecule has 0 heterocycles. The van der Waals surface area contributed by atoms with Crippen LogP contribution in [0.1, 0.15) is 97.8 Å². The van der Waals surface area contributed by atoms with Crippen LogP contribution in [0.25, 0.3) is 0 Å². The Balaban J connectivity index is 1.52. The van der Waals surface area contributed by atoms with Crippen LogP contribution in [0.4, 0.5) is 0 Å². The van der Waals surface area contributed by atoms with Crippen LogP contribution in [0.2, 0.25) is 0 Å². The van der Waals surface area contributed by atoms with Crippen LogP contribution in [-0.4, -0.2) is 11.1 Å². The number of rotatable bonds is 4. The van der Waals surface area contributed by atoms with Gasteiger partial charge in [0.2, 0.25) is 0 Å². The van der Waals surface area contributed by atoms with Gasteiger partial charge in [-0.1, -0.05) is 33.6 Å². The summed E-state index contributed by atoms with van der Waals surface area (Å²) in [6, 6.07) is 0. The molecule has 0 radical (unpaired) electrons. The molecule has 1 N–H and O–H groups in total. The zero-order valence-electron chi connectivity index (χ0n) is 17.3. The lowest BCUT2D eigenvalue weighted by atomic mass is 9.44. The smallest absolute Gasteiger partial charge is 0.303 e. The summed E-state index contributed by atoms with van der Waals surface area (Å²) in [6.07, 6.45) is 15.7. The van der Waals surface area contributed by atoms with Crippen molar-refractivity contribution in [3.63, 3.8) is 0 Å². The van der Waals surface area contributed by atoms with E-state index in [0.29, 0.717) is 23.2 Å². The van der Waals surface area contributed by atoms with Crippen molar-refractivity contribution in [2.45, 2.75) is 97.8 Å². The van der Waals surface area contributed by atoms with Gasteiger partial charge in [-0.3, -0.25) is 4.79 Å². The lowest BCUT2D eigenvalue weighted by molar-refractivity contribution is -0.137. The summed E-state index contributed by atoms with van der Waals surface area (Å²) in [5.74, 6) is 4.57. The zero-order valence-corrected chi connectivity index (χ0v) is 17.3. The third kappa shape index (κ3) is 2.85. The van der Waals surface area contributed by atoms with E-state index in [9.17, 15) is 4.79 Å². The molecule has 0 aromatic heterocycles. The normalized spacial score (nSPS) is 49.0. The van der Waals surface area contributed by atoms with Gasteiger partial charge in [0.25, 0.3) is 0 Å². The highest BCUT2D eigenvalue weighted by Gasteiger charge is 2.60. The lowest BCUT2D eigenvalue weighted by Gasteiger charge is -2.61. The Bertz CT molecular complexity index is 542. The van der Waals surface area contributed by atoms with Gasteiger partial charge in [-0.2, -0.15) is 0 Å². The van der Waals surface area contributed by atoms with E-state index in [1.165, 1.54) is 64.2 Å². The van der Waals surface area contributed by atoms with Crippen molar-refractivity contribution in [3.05, 3.63) is 0 Å². The van der Waals surface area contributed by atoms with Crippen LogP contribution in [-0.2, 0) is 4.79 Å². The number of carbonyl (C=O) groups is 1. The van der Waals surface area contributed by atoms with Crippen molar-refractivity contribution >= 4 is 5.97 Å². The van der Waals surface area contributed by atoms with Gasteiger partial charge in [-0.25, -0.2) is 0 Å². The molecule has 4 fully saturated rings. The third-order valence-corrected chi connectivity index (χ3v) is 10.2. The molecule has 0 aromatic carbocycles. The molecule has 4 unspecified atom stereocenters. The monoisotopic (exact) mass is 360 g/mol. The first kappa shape index (κ1) is 18.8. The van der Waals surface area contributed by atoms with Gasteiger partial charge in [0.15, 0.2) is 0 Å². The molecule has 26 heavy (non-hydrogen) atoms. The molecule has 148 valence electrons. The van der Waals surface area contributed by atoms with E-state index in [-0.39, 0.29) is 0 Å². The summed E-state index contributed by atoms with van der Waals surface area (Å²) in [6.45, 7) is 7.60. The highest BCUT2D eigenvalue weighted by Crippen LogP contribution is 2.68. The lowest BCUT2D eigenvalue weighted by Crippen LogP contribution is -2.53. The van der Waals surface area contributed by atoms with Gasteiger partial charge in [-0.05, 0) is 104 Å². The van der Waals surface area contributed by atoms with E-state index in [1.807, 2.05) is 0 Å². The summed E-state index contributed by atoms with van der Waals surface area (Å²) in [5, 5.41) is 9.09. The molecule has 4 aliphatic carbocycles. The zero-order chi connectivity index (χ0) is 18.5. The van der Waals surface area contributed by atoms with E-state index in [4.69, 9.17) is 5.11 Å². The summed E-state index contributed by atoms with van der Waals surface area (Å²) >= 11 is 0. The molecule has 0 bridgehead atoms. The van der Waals surface area contributed by atoms with Crippen molar-refractivity contribution in [2.75, 3.05) is 0 Å². The maximum absolute atomic E-state index is 11.0. The quantitative estimate of drug-likeness (QED) is 0.618. The van der Waals surface area contributed by atoms with E-state index in [1.54, 1.807) is 0 Å². The Labute approximate surface area is 160 Å². The Morgan fingerprint density at radius 2 is 1.73 bits per heavy atom. The van der Waals surface area contributed by atoms with Gasteiger partial charge in [0.05, 0.1) is 0 Å². The second-order valence-corrected chi connectivity index (χ2v) is 11.0. The standard InChI is InChI=1S/C24H40O2/c1-16(7-12-22(25)26)19-10-11-20-18-9-8-17-6-4-5-14-23(17,2)21(18)13-15-24(19,20)3/h16-21H,4-15H2,1-3H3,(H,25,26)/t16?,17?,18?,19?,20-,21-,23-,24+/m0/s1. The van der Waals surface area contributed by atoms with Crippen molar-refractivity contribution in [1.82, 2.24) is 0 Å². The SMILES string of the molecule is CC(CCC(=O)O)C1CC[C@H]2C3CCC4CCCC[C@]4(C)[C@H]3CC[C@]12C. The first-order chi connectivity index (χ1) is 12.4. The second kappa shape index (κ2) is 6.82. The molecule has 8 atom stereocenters. The van der Waals surface area contributed by atoms with Gasteiger partial charge >= 0.3 is 5.97 Å². The van der Waals surface area contributed by atoms with Gasteiger partial charge < -0.3 is 5.11 Å². The maximum Gasteiger partial charge on any atom is 0.303 e. The van der Waals surface area contributed by atoms with Crippen molar-refractivity contribution < 1.29 is 9.90 Å². The molecule has 4 rings (SSSR count). The first-order valence-electron chi connectivity index (χ1n) is 11.6. The fourth-order valence-electron chi connectivity index (χ4n) is 8.82. The molecular formula is C24H40O2. The Kier molecular flexibility index (Phi) is 4.93. The third-order valence-electron chi connectivity index (χ3n) is 10.2. The average molecular weight is 361 g/mol. The largest absolute Gasteiger partial charge is 0.481 e. The number of carboxylic acids is 1. The predicted molar refractivity (Wildman–Crippen MR) is 106 cm³/mol. The molecule has 0 amide bonds. The first-order valence-corrected chi connectivity index (χ1v) is 11.6. The number of hydrogen-bond donors (Lipinski definition) is 1. The molecule has 0 aromatic rings. The van der Waals surface area contributed by atoms with Crippen LogP contribution >= 0.6 is 0 Å². The topological polar surface area (TPSA) is 37.3 Å². The number of fused-ring (bicyclic) bond motifs is 5. The molecule has 0 aliphatic heterocycles. The van der Waals surface area contributed by atoms with Crippen LogP contribution in [0.15, 0.2) is 0 Å². The molecule has 2 nitrogen and oxygen atoms in total. The summed E-state index contributed by atoms with van der Waals surface area (Å²) in [5.41, 5.74) is 1.12. The second-order valence-electron chi connectivity index (χ2n) is 11.0. The number of hydrogen-bond acceptors (Lipinski definition) is 1. The summed E-state index contributed by atoms with van der Waals surface area (Å²) in [7, 11) is 0. The average Bonchev–Trinajstić information content (AvgIpc) is 2.96. The van der Waals surface area contributed by atoms with Gasteiger partial charge in [-0.15, -0.1) is 0 Å². The molecular weight excluding hydrogens is 320 g/mol. The Morgan fingerprint density at radius 3 is 2.50 bits per heavy atom. The minimum absolute atomic E-state index is 0.351. The van der Waals surface area contributed by atoms with E-state index in [0.717, 1.165) is 36.0 Å². The number of aliphatic carboxylic acids is 1. The fourth-order valence-corrected chi connectivity index (χ4v) is 8.82. The van der Waals surface area contributed by atoms with Crippen LogP contribution in [0.5, 0.6) is 0 Å². The van der Waals surface area contributed by atoms with Crippen LogP contribution in [0, 0.1) is 46.3 Å². The summed E-state index contributed by atoms with van der Waals surface area (Å²) < 4.78 is 0. The van der Waals surface area contributed by atoms with E-state index in [2.05, 4.69) is 20.8 Å². The van der Waals surface area contributed by atoms with Gasteiger partial charge in [0.1, 0.15) is 0 Å². The summed E-state index contributed by atoms with van der Waals surface area (Å²) in [4.78, 5) is 11.0. The molecule has 4 aliphatic rings. The van der Waals surface area contributed by atoms with Crippen LogP contribution in [0.3, 0.4) is 0 Å². The van der Waals surface area contributed by atoms with Crippen molar-refractivity contribution in [3.8, 4) is 0 Å². The molecule has 4 saturated carbocycles. The van der Waals surface area contributed by atoms with E-state index < -0.39 is 5.97 Å². The molecule has 0 spiro atoms. The highest BCUT2D eigenvalue weighted by molar-refractivity contribution is 5.66. The Morgan fingerprint density at radius 1 is 0.962 bits per heavy atom. The predicted octanol–water partition coefficient (Wildman–Crippen LogP) is 6.54. The number of carboxylic acid groups (broad SMARTS) is 1. The molecule has 0 saturated heterocycles. The highest BCUT2D eigenvalue weighted by atomic mass is 16.4. The Hall–Kier alpha value is -0.530. The fraction of sp³-hybridized carbons (Fsp3) is 0.958. The van der Waals surface area contributed by atoms with Crippen molar-refractivity contribution in [1.29, 1.82) is 0 Å². The maximum atomic E-state index is 11.0. The minimum atomic E-state index is -0.621. The van der Waals surface area contributed by atoms with E-state index >= 15 is 0 Å². The molecule has 2 heteroatoms. The van der Waals surface area contributed by atoms with Crippen molar-refractivity contribution in [2.24, 2.45) is 46.3 Å². The minimum Gasteiger partial charge on any atom is -0.481 e. The van der Waals surface area contributed by atoms with Gasteiger partial charge in [0, 0.05) is 6.42 Å².